The predicted molar refractivity (Wildman–Crippen MR) is 68.7 cm³/mol. The van der Waals surface area contributed by atoms with Gasteiger partial charge in [0.2, 0.25) is 0 Å². The third-order valence-electron chi connectivity index (χ3n) is 3.28. The standard InChI is InChI=1S/C15H17N/c1-2-7-15-12(4-1)5-3-6-13(15)10-11-16-14-8-9-14/h1-7,14,16H,8-11H2. The van der Waals surface area contributed by atoms with Gasteiger partial charge in [-0.05, 0) is 42.1 Å². The summed E-state index contributed by atoms with van der Waals surface area (Å²) in [5, 5.41) is 6.33. The third kappa shape index (κ3) is 2.10. The summed E-state index contributed by atoms with van der Waals surface area (Å²) in [5.41, 5.74) is 1.46. The van der Waals surface area contributed by atoms with Gasteiger partial charge in [0.25, 0.3) is 0 Å². The highest BCUT2D eigenvalue weighted by atomic mass is 14.9. The van der Waals surface area contributed by atoms with Crippen LogP contribution in [0.15, 0.2) is 42.5 Å². The Morgan fingerprint density at radius 1 is 1.00 bits per heavy atom. The summed E-state index contributed by atoms with van der Waals surface area (Å²) in [6, 6.07) is 16.1. The summed E-state index contributed by atoms with van der Waals surface area (Å²) in [7, 11) is 0. The van der Waals surface area contributed by atoms with Crippen LogP contribution in [-0.4, -0.2) is 12.6 Å². The van der Waals surface area contributed by atoms with Gasteiger partial charge in [0, 0.05) is 6.04 Å². The lowest BCUT2D eigenvalue weighted by molar-refractivity contribution is 0.683. The number of rotatable bonds is 4. The molecule has 0 bridgehead atoms. The van der Waals surface area contributed by atoms with Crippen LogP contribution in [0, 0.1) is 0 Å². The first-order chi connectivity index (χ1) is 7.93. The van der Waals surface area contributed by atoms with Crippen LogP contribution in [0.2, 0.25) is 0 Å². The maximum Gasteiger partial charge on any atom is 0.00683 e. The smallest absolute Gasteiger partial charge is 0.00683 e. The van der Waals surface area contributed by atoms with Gasteiger partial charge in [-0.3, -0.25) is 0 Å². The summed E-state index contributed by atoms with van der Waals surface area (Å²) in [5.74, 6) is 0. The normalized spacial score (nSPS) is 15.5. The zero-order valence-corrected chi connectivity index (χ0v) is 9.45. The van der Waals surface area contributed by atoms with Crippen molar-refractivity contribution in [3.05, 3.63) is 48.0 Å². The quantitative estimate of drug-likeness (QED) is 0.819. The van der Waals surface area contributed by atoms with E-state index < -0.39 is 0 Å². The van der Waals surface area contributed by atoms with E-state index in [1.807, 2.05) is 0 Å². The van der Waals surface area contributed by atoms with Crippen LogP contribution in [0.4, 0.5) is 0 Å². The van der Waals surface area contributed by atoms with E-state index in [0.717, 1.165) is 19.0 Å². The van der Waals surface area contributed by atoms with Crippen molar-refractivity contribution in [3.63, 3.8) is 0 Å². The first kappa shape index (κ1) is 9.86. The van der Waals surface area contributed by atoms with Gasteiger partial charge >= 0.3 is 0 Å². The molecule has 1 aliphatic rings. The molecular formula is C15H17N. The van der Waals surface area contributed by atoms with Crippen LogP contribution in [0.25, 0.3) is 10.8 Å². The molecule has 1 saturated carbocycles. The number of nitrogens with one attached hydrogen (secondary N) is 1. The molecule has 0 aliphatic heterocycles. The van der Waals surface area contributed by atoms with Crippen molar-refractivity contribution in [2.75, 3.05) is 6.54 Å². The van der Waals surface area contributed by atoms with Crippen LogP contribution in [-0.2, 0) is 6.42 Å². The number of hydrogen-bond acceptors (Lipinski definition) is 1. The van der Waals surface area contributed by atoms with Gasteiger partial charge < -0.3 is 5.32 Å². The highest BCUT2D eigenvalue weighted by Gasteiger charge is 2.19. The lowest BCUT2D eigenvalue weighted by atomic mass is 10.0. The maximum atomic E-state index is 3.57. The van der Waals surface area contributed by atoms with E-state index in [0.29, 0.717) is 0 Å². The molecule has 82 valence electrons. The zero-order chi connectivity index (χ0) is 10.8. The van der Waals surface area contributed by atoms with Crippen molar-refractivity contribution in [1.82, 2.24) is 5.32 Å². The van der Waals surface area contributed by atoms with Gasteiger partial charge in [0.1, 0.15) is 0 Å². The third-order valence-corrected chi connectivity index (χ3v) is 3.28. The van der Waals surface area contributed by atoms with Crippen molar-refractivity contribution in [2.45, 2.75) is 25.3 Å². The summed E-state index contributed by atoms with van der Waals surface area (Å²) in [6.45, 7) is 1.11. The minimum absolute atomic E-state index is 0.815. The Hall–Kier alpha value is -1.34. The Kier molecular flexibility index (Phi) is 2.63. The Morgan fingerprint density at radius 3 is 2.69 bits per heavy atom. The highest BCUT2D eigenvalue weighted by molar-refractivity contribution is 5.85. The van der Waals surface area contributed by atoms with E-state index in [-0.39, 0.29) is 0 Å². The average Bonchev–Trinajstić information content (AvgIpc) is 3.13. The topological polar surface area (TPSA) is 12.0 Å². The molecule has 0 aromatic heterocycles. The monoisotopic (exact) mass is 211 g/mol. The first-order valence-electron chi connectivity index (χ1n) is 6.13. The molecule has 1 N–H and O–H groups in total. The minimum Gasteiger partial charge on any atom is -0.314 e. The van der Waals surface area contributed by atoms with E-state index in [9.17, 15) is 0 Å². The second-order valence-electron chi connectivity index (χ2n) is 4.62. The van der Waals surface area contributed by atoms with E-state index in [4.69, 9.17) is 0 Å². The first-order valence-corrected chi connectivity index (χ1v) is 6.13. The van der Waals surface area contributed by atoms with Gasteiger partial charge in [-0.25, -0.2) is 0 Å². The Morgan fingerprint density at radius 2 is 1.81 bits per heavy atom. The van der Waals surface area contributed by atoms with E-state index >= 15 is 0 Å². The molecule has 1 aliphatic carbocycles. The molecule has 0 unspecified atom stereocenters. The molecule has 0 radical (unpaired) electrons. The van der Waals surface area contributed by atoms with Crippen molar-refractivity contribution >= 4 is 10.8 Å². The maximum absolute atomic E-state index is 3.57. The van der Waals surface area contributed by atoms with E-state index in [2.05, 4.69) is 47.8 Å². The second kappa shape index (κ2) is 4.26. The summed E-state index contributed by atoms with van der Waals surface area (Å²) < 4.78 is 0. The summed E-state index contributed by atoms with van der Waals surface area (Å²) in [4.78, 5) is 0. The van der Waals surface area contributed by atoms with Gasteiger partial charge in [-0.15, -0.1) is 0 Å². The molecule has 1 fully saturated rings. The van der Waals surface area contributed by atoms with Crippen molar-refractivity contribution in [3.8, 4) is 0 Å². The average molecular weight is 211 g/mol. The summed E-state index contributed by atoms with van der Waals surface area (Å²) in [6.07, 6.45) is 3.88. The molecule has 2 aromatic rings. The van der Waals surface area contributed by atoms with Crippen molar-refractivity contribution in [1.29, 1.82) is 0 Å². The van der Waals surface area contributed by atoms with Gasteiger partial charge in [-0.2, -0.15) is 0 Å². The second-order valence-corrected chi connectivity index (χ2v) is 4.62. The SMILES string of the molecule is c1ccc2c(CCNC3CC3)cccc2c1. The molecule has 0 saturated heterocycles. The Bertz CT molecular complexity index is 480. The fourth-order valence-corrected chi connectivity index (χ4v) is 2.21. The summed E-state index contributed by atoms with van der Waals surface area (Å²) >= 11 is 0. The lowest BCUT2D eigenvalue weighted by Crippen LogP contribution is -2.19. The number of fused-ring (bicyclic) bond motifs is 1. The lowest BCUT2D eigenvalue weighted by Gasteiger charge is -2.07. The molecule has 2 aromatic carbocycles. The predicted octanol–water partition coefficient (Wildman–Crippen LogP) is 3.13. The van der Waals surface area contributed by atoms with E-state index in [1.54, 1.807) is 0 Å². The number of benzene rings is 2. The molecule has 1 heteroatoms. The molecule has 1 nitrogen and oxygen atoms in total. The number of hydrogen-bond donors (Lipinski definition) is 1. The molecule has 3 rings (SSSR count). The van der Waals surface area contributed by atoms with Crippen molar-refractivity contribution in [2.24, 2.45) is 0 Å². The molecule has 0 atom stereocenters. The molecule has 0 heterocycles. The highest BCUT2D eigenvalue weighted by Crippen LogP contribution is 2.20. The molecule has 0 amide bonds. The zero-order valence-electron chi connectivity index (χ0n) is 9.45. The van der Waals surface area contributed by atoms with Crippen LogP contribution >= 0.6 is 0 Å². The van der Waals surface area contributed by atoms with Gasteiger partial charge in [-0.1, -0.05) is 42.5 Å². The van der Waals surface area contributed by atoms with Gasteiger partial charge in [0.05, 0.1) is 0 Å². The Balaban J connectivity index is 1.79. The molecule has 16 heavy (non-hydrogen) atoms. The van der Waals surface area contributed by atoms with Crippen LogP contribution in [0.1, 0.15) is 18.4 Å². The van der Waals surface area contributed by atoms with E-state index in [1.165, 1.54) is 29.2 Å². The van der Waals surface area contributed by atoms with Crippen LogP contribution < -0.4 is 5.32 Å². The largest absolute Gasteiger partial charge is 0.314 e. The van der Waals surface area contributed by atoms with Crippen LogP contribution in [0.3, 0.4) is 0 Å². The van der Waals surface area contributed by atoms with Gasteiger partial charge in [0.15, 0.2) is 0 Å². The fraction of sp³-hybridized carbons (Fsp3) is 0.333. The molecule has 0 spiro atoms. The van der Waals surface area contributed by atoms with Crippen LogP contribution in [0.5, 0.6) is 0 Å². The fourth-order valence-electron chi connectivity index (χ4n) is 2.21. The minimum atomic E-state index is 0.815. The Labute approximate surface area is 96.5 Å². The van der Waals surface area contributed by atoms with Crippen molar-refractivity contribution < 1.29 is 0 Å². The molecular weight excluding hydrogens is 194 g/mol.